The van der Waals surface area contributed by atoms with Gasteiger partial charge in [-0.25, -0.2) is 0 Å². The van der Waals surface area contributed by atoms with Crippen LogP contribution < -0.4 is 5.73 Å². The SMILES string of the molecule is C#C/C(=C\C=C/C)C(=C)N. The molecule has 52 valence electrons. The highest BCUT2D eigenvalue weighted by Gasteiger charge is 1.88. The number of nitrogens with two attached hydrogens (primary N) is 1. The van der Waals surface area contributed by atoms with Crippen molar-refractivity contribution in [3.8, 4) is 12.3 Å². The monoisotopic (exact) mass is 133 g/mol. The van der Waals surface area contributed by atoms with Gasteiger partial charge in [0.2, 0.25) is 0 Å². The van der Waals surface area contributed by atoms with Gasteiger partial charge in [0.15, 0.2) is 0 Å². The van der Waals surface area contributed by atoms with Gasteiger partial charge in [-0.2, -0.15) is 0 Å². The fourth-order valence-electron chi connectivity index (χ4n) is 0.440. The molecule has 0 aliphatic carbocycles. The van der Waals surface area contributed by atoms with Crippen molar-refractivity contribution in [1.29, 1.82) is 0 Å². The van der Waals surface area contributed by atoms with E-state index < -0.39 is 0 Å². The second-order valence-electron chi connectivity index (χ2n) is 1.78. The van der Waals surface area contributed by atoms with Gasteiger partial charge in [0.1, 0.15) is 0 Å². The van der Waals surface area contributed by atoms with E-state index >= 15 is 0 Å². The summed E-state index contributed by atoms with van der Waals surface area (Å²) in [7, 11) is 0. The number of hydrogen-bond donors (Lipinski definition) is 1. The fourth-order valence-corrected chi connectivity index (χ4v) is 0.440. The first kappa shape index (κ1) is 8.58. The van der Waals surface area contributed by atoms with Gasteiger partial charge in [-0.15, -0.1) is 6.42 Å². The van der Waals surface area contributed by atoms with Crippen LogP contribution in [0.4, 0.5) is 0 Å². The Balaban J connectivity index is 4.38. The van der Waals surface area contributed by atoms with E-state index in [0.717, 1.165) is 0 Å². The van der Waals surface area contributed by atoms with E-state index in [2.05, 4.69) is 12.5 Å². The molecular formula is C9H11N. The minimum atomic E-state index is 0.431. The molecular weight excluding hydrogens is 122 g/mol. The molecule has 0 aliphatic heterocycles. The summed E-state index contributed by atoms with van der Waals surface area (Å²) in [5, 5.41) is 0. The first-order valence-corrected chi connectivity index (χ1v) is 2.96. The molecule has 0 spiro atoms. The number of terminal acetylenes is 1. The standard InChI is InChI=1S/C9H11N/c1-4-6-7-9(5-2)8(3)10/h2,4,6-7H,3,10H2,1H3/b6-4-,9-7+. The molecule has 0 saturated heterocycles. The highest BCUT2D eigenvalue weighted by atomic mass is 14.6. The summed E-state index contributed by atoms with van der Waals surface area (Å²) in [6.45, 7) is 5.42. The molecule has 0 rings (SSSR count). The van der Waals surface area contributed by atoms with Crippen molar-refractivity contribution in [2.45, 2.75) is 6.92 Å². The highest BCUT2D eigenvalue weighted by Crippen LogP contribution is 1.98. The molecule has 0 aromatic rings. The van der Waals surface area contributed by atoms with Gasteiger partial charge in [0.05, 0.1) is 0 Å². The van der Waals surface area contributed by atoms with Gasteiger partial charge < -0.3 is 5.73 Å². The van der Waals surface area contributed by atoms with Crippen molar-refractivity contribution >= 4 is 0 Å². The Labute approximate surface area is 61.9 Å². The molecule has 2 N–H and O–H groups in total. The lowest BCUT2D eigenvalue weighted by molar-refractivity contribution is 1.40. The zero-order valence-electron chi connectivity index (χ0n) is 6.09. The minimum Gasteiger partial charge on any atom is -0.398 e. The lowest BCUT2D eigenvalue weighted by Crippen LogP contribution is -1.96. The predicted octanol–water partition coefficient (Wildman–Crippen LogP) is 1.59. The summed E-state index contributed by atoms with van der Waals surface area (Å²) in [5.74, 6) is 2.42. The number of rotatable bonds is 2. The maximum Gasteiger partial charge on any atom is 0.0465 e. The van der Waals surface area contributed by atoms with E-state index in [1.165, 1.54) is 0 Å². The van der Waals surface area contributed by atoms with Crippen molar-refractivity contribution < 1.29 is 0 Å². The molecule has 0 amide bonds. The topological polar surface area (TPSA) is 26.0 Å². The van der Waals surface area contributed by atoms with E-state index in [4.69, 9.17) is 12.2 Å². The summed E-state index contributed by atoms with van der Waals surface area (Å²) >= 11 is 0. The molecule has 1 nitrogen and oxygen atoms in total. The van der Waals surface area contributed by atoms with E-state index in [-0.39, 0.29) is 0 Å². The molecule has 10 heavy (non-hydrogen) atoms. The quantitative estimate of drug-likeness (QED) is 0.449. The summed E-state index contributed by atoms with van der Waals surface area (Å²) < 4.78 is 0. The lowest BCUT2D eigenvalue weighted by atomic mass is 10.2. The summed E-state index contributed by atoms with van der Waals surface area (Å²) in [6, 6.07) is 0. The molecule has 0 aliphatic rings. The number of allylic oxidation sites excluding steroid dienone is 4. The molecule has 0 heterocycles. The molecule has 0 aromatic carbocycles. The van der Waals surface area contributed by atoms with Crippen LogP contribution in [0.1, 0.15) is 6.92 Å². The van der Waals surface area contributed by atoms with Crippen LogP contribution >= 0.6 is 0 Å². The van der Waals surface area contributed by atoms with Crippen LogP contribution in [0, 0.1) is 12.3 Å². The molecule has 0 fully saturated rings. The first-order chi connectivity index (χ1) is 4.72. The third kappa shape index (κ3) is 2.78. The van der Waals surface area contributed by atoms with E-state index in [9.17, 15) is 0 Å². The largest absolute Gasteiger partial charge is 0.398 e. The molecule has 0 aromatic heterocycles. The van der Waals surface area contributed by atoms with Crippen LogP contribution in [0.3, 0.4) is 0 Å². The highest BCUT2D eigenvalue weighted by molar-refractivity contribution is 5.42. The minimum absolute atomic E-state index is 0.431. The van der Waals surface area contributed by atoms with Crippen LogP contribution in [0.25, 0.3) is 0 Å². The fraction of sp³-hybridized carbons (Fsp3) is 0.111. The van der Waals surface area contributed by atoms with Gasteiger partial charge in [-0.1, -0.05) is 24.7 Å². The van der Waals surface area contributed by atoms with E-state index in [1.807, 2.05) is 19.1 Å². The Kier molecular flexibility index (Phi) is 3.83. The molecule has 0 atom stereocenters. The maximum atomic E-state index is 5.35. The summed E-state index contributed by atoms with van der Waals surface area (Å²) in [4.78, 5) is 0. The van der Waals surface area contributed by atoms with Crippen LogP contribution in [-0.4, -0.2) is 0 Å². The Morgan fingerprint density at radius 1 is 1.70 bits per heavy atom. The average molecular weight is 133 g/mol. The second-order valence-corrected chi connectivity index (χ2v) is 1.78. The lowest BCUT2D eigenvalue weighted by Gasteiger charge is -1.92. The molecule has 0 radical (unpaired) electrons. The van der Waals surface area contributed by atoms with Crippen molar-refractivity contribution in [3.05, 3.63) is 36.1 Å². The van der Waals surface area contributed by atoms with Gasteiger partial charge in [-0.05, 0) is 13.0 Å². The van der Waals surface area contributed by atoms with Crippen LogP contribution in [0.5, 0.6) is 0 Å². The van der Waals surface area contributed by atoms with Gasteiger partial charge in [0.25, 0.3) is 0 Å². The average Bonchev–Trinajstić information content (AvgIpc) is 1.89. The number of hydrogen-bond acceptors (Lipinski definition) is 1. The van der Waals surface area contributed by atoms with E-state index in [0.29, 0.717) is 11.3 Å². The zero-order chi connectivity index (χ0) is 7.98. The Bertz CT molecular complexity index is 213. The van der Waals surface area contributed by atoms with Crippen molar-refractivity contribution in [3.63, 3.8) is 0 Å². The predicted molar refractivity (Wildman–Crippen MR) is 45.1 cm³/mol. The van der Waals surface area contributed by atoms with Crippen LogP contribution in [0.15, 0.2) is 36.1 Å². The third-order valence-electron chi connectivity index (χ3n) is 0.957. The molecule has 1 heteroatoms. The van der Waals surface area contributed by atoms with Gasteiger partial charge >= 0.3 is 0 Å². The normalized spacial score (nSPS) is 11.4. The van der Waals surface area contributed by atoms with Crippen molar-refractivity contribution in [1.82, 2.24) is 0 Å². The smallest absolute Gasteiger partial charge is 0.0465 e. The Morgan fingerprint density at radius 2 is 2.30 bits per heavy atom. The van der Waals surface area contributed by atoms with Crippen molar-refractivity contribution in [2.24, 2.45) is 5.73 Å². The maximum absolute atomic E-state index is 5.35. The zero-order valence-corrected chi connectivity index (χ0v) is 6.09. The van der Waals surface area contributed by atoms with Crippen molar-refractivity contribution in [2.75, 3.05) is 0 Å². The molecule has 0 unspecified atom stereocenters. The summed E-state index contributed by atoms with van der Waals surface area (Å²) in [5.41, 5.74) is 6.42. The Hall–Kier alpha value is -1.42. The van der Waals surface area contributed by atoms with Gasteiger partial charge in [0, 0.05) is 11.3 Å². The first-order valence-electron chi connectivity index (χ1n) is 2.96. The van der Waals surface area contributed by atoms with Gasteiger partial charge in [-0.3, -0.25) is 0 Å². The second kappa shape index (κ2) is 4.46. The van der Waals surface area contributed by atoms with E-state index in [1.54, 1.807) is 6.08 Å². The van der Waals surface area contributed by atoms with Crippen LogP contribution in [-0.2, 0) is 0 Å². The summed E-state index contributed by atoms with van der Waals surface area (Å²) in [6.07, 6.45) is 10.6. The molecule has 0 saturated carbocycles. The molecule has 0 bridgehead atoms. The Morgan fingerprint density at radius 3 is 2.60 bits per heavy atom. The third-order valence-corrected chi connectivity index (χ3v) is 0.957. The van der Waals surface area contributed by atoms with Crippen LogP contribution in [0.2, 0.25) is 0 Å².